The molecule has 0 N–H and O–H groups in total. The van der Waals surface area contributed by atoms with Crippen molar-refractivity contribution in [1.29, 1.82) is 0 Å². The summed E-state index contributed by atoms with van der Waals surface area (Å²) in [4.78, 5) is 107. The first-order valence-corrected chi connectivity index (χ1v) is 11.9. The van der Waals surface area contributed by atoms with Crippen LogP contribution in [0.4, 0.5) is 11.4 Å². The number of esters is 4. The predicted molar refractivity (Wildman–Crippen MR) is 140 cm³/mol. The number of amides is 4. The molecular weight excluding hydrogens is 560 g/mol. The van der Waals surface area contributed by atoms with E-state index in [0.29, 0.717) is 9.80 Å². The minimum atomic E-state index is -0.923. The van der Waals surface area contributed by atoms with Crippen molar-refractivity contribution in [3.8, 4) is 34.6 Å². The molecule has 0 saturated heterocycles. The summed E-state index contributed by atoms with van der Waals surface area (Å²) in [5, 5.41) is 0. The fourth-order valence-electron chi connectivity index (χ4n) is 3.62. The highest BCUT2D eigenvalue weighted by atomic mass is 16.6. The van der Waals surface area contributed by atoms with Crippen molar-refractivity contribution in [3.63, 3.8) is 0 Å². The average molecular weight is 587 g/mol. The molecule has 4 amide bonds. The lowest BCUT2D eigenvalue weighted by Crippen LogP contribution is -2.34. The smallest absolute Gasteiger partial charge is 0.309 e. The van der Waals surface area contributed by atoms with E-state index in [9.17, 15) is 38.4 Å². The first-order chi connectivity index (χ1) is 19.4. The molecule has 0 unspecified atom stereocenters. The van der Waals surface area contributed by atoms with E-state index in [-0.39, 0.29) is 11.1 Å². The zero-order chi connectivity index (χ0) is 32.0. The highest BCUT2D eigenvalue weighted by Gasteiger charge is 2.31. The minimum Gasteiger partial charge on any atom is -0.407 e. The molecule has 42 heavy (non-hydrogen) atoms. The number of imide groups is 2. The summed E-state index contributed by atoms with van der Waals surface area (Å²) in [6.45, 7) is 8.19. The molecule has 0 radical (unpaired) electrons. The Bertz CT molecular complexity index is 1390. The van der Waals surface area contributed by atoms with Gasteiger partial charge in [-0.2, -0.15) is 9.97 Å². The van der Waals surface area contributed by atoms with Gasteiger partial charge in [-0.3, -0.25) is 38.4 Å². The second-order valence-corrected chi connectivity index (χ2v) is 8.45. The Morgan fingerprint density at radius 2 is 0.690 bits per heavy atom. The van der Waals surface area contributed by atoms with Crippen LogP contribution < -0.4 is 28.7 Å². The van der Waals surface area contributed by atoms with Crippen LogP contribution in [0.15, 0.2) is 12.1 Å². The third kappa shape index (κ3) is 7.77. The summed E-state index contributed by atoms with van der Waals surface area (Å²) in [6.07, 6.45) is 0. The fourth-order valence-corrected chi connectivity index (χ4v) is 3.62. The zero-order valence-corrected chi connectivity index (χ0v) is 23.8. The first kappa shape index (κ1) is 32.7. The van der Waals surface area contributed by atoms with Crippen molar-refractivity contribution >= 4 is 58.9 Å². The quantitative estimate of drug-likeness (QED) is 0.423. The van der Waals surface area contributed by atoms with Gasteiger partial charge in [0.2, 0.25) is 35.4 Å². The van der Waals surface area contributed by atoms with Gasteiger partial charge >= 0.3 is 23.9 Å². The lowest BCUT2D eigenvalue weighted by molar-refractivity contribution is -0.134. The summed E-state index contributed by atoms with van der Waals surface area (Å²) in [5.74, 6) is -9.37. The average Bonchev–Trinajstić information content (AvgIpc) is 2.79. The normalized spacial score (nSPS) is 10.2. The predicted octanol–water partition coefficient (Wildman–Crippen LogP) is 1.64. The van der Waals surface area contributed by atoms with Gasteiger partial charge in [-0.1, -0.05) is 0 Å². The second-order valence-electron chi connectivity index (χ2n) is 8.45. The molecular formula is C26H26N4O12. The van der Waals surface area contributed by atoms with Gasteiger partial charge in [-0.05, 0) is 12.1 Å². The number of carbonyl (C=O) groups excluding carboxylic acids is 8. The molecule has 0 aliphatic rings. The van der Waals surface area contributed by atoms with Gasteiger partial charge in [0.1, 0.15) is 11.4 Å². The van der Waals surface area contributed by atoms with Gasteiger partial charge in [0.25, 0.3) is 11.8 Å². The van der Waals surface area contributed by atoms with Crippen LogP contribution >= 0.6 is 0 Å². The van der Waals surface area contributed by atoms with E-state index in [1.165, 1.54) is 0 Å². The molecule has 222 valence electrons. The van der Waals surface area contributed by atoms with Crippen LogP contribution in [0.1, 0.15) is 55.4 Å². The van der Waals surface area contributed by atoms with Crippen LogP contribution in [0.2, 0.25) is 0 Å². The van der Waals surface area contributed by atoms with Crippen LogP contribution in [-0.2, 0) is 38.4 Å². The number of nitrogens with zero attached hydrogens (tertiary/aromatic N) is 4. The van der Waals surface area contributed by atoms with Gasteiger partial charge < -0.3 is 18.9 Å². The molecule has 0 fully saturated rings. The standard InChI is InChI=1S/C26H26N4O12/c1-11(31)29(12(2)32)21-9-19(23(39-15(5)35)27-25(21)41-17(7)37)20-10-22(30(13(3)33)14(4)34)26(42-18(8)38)28-24(20)40-16(6)36/h9-10H,1-8H3. The third-order valence-electron chi connectivity index (χ3n) is 4.86. The van der Waals surface area contributed by atoms with E-state index in [1.54, 1.807) is 0 Å². The zero-order valence-electron chi connectivity index (χ0n) is 23.8. The number of hydrogen-bond donors (Lipinski definition) is 0. The Labute approximate surface area is 238 Å². The topological polar surface area (TPSA) is 206 Å². The van der Waals surface area contributed by atoms with E-state index < -0.39 is 82.4 Å². The monoisotopic (exact) mass is 586 g/mol. The summed E-state index contributed by atoms with van der Waals surface area (Å²) >= 11 is 0. The van der Waals surface area contributed by atoms with Crippen LogP contribution in [0.3, 0.4) is 0 Å². The van der Waals surface area contributed by atoms with Crippen molar-refractivity contribution in [2.75, 3.05) is 9.80 Å². The van der Waals surface area contributed by atoms with Gasteiger partial charge in [-0.25, -0.2) is 9.80 Å². The van der Waals surface area contributed by atoms with Crippen molar-refractivity contribution < 1.29 is 57.3 Å². The fraction of sp³-hybridized carbons (Fsp3) is 0.308. The van der Waals surface area contributed by atoms with Crippen LogP contribution in [0, 0.1) is 0 Å². The molecule has 0 atom stereocenters. The minimum absolute atomic E-state index is 0.296. The number of hydrogen-bond acceptors (Lipinski definition) is 14. The van der Waals surface area contributed by atoms with E-state index in [4.69, 9.17) is 18.9 Å². The first-order valence-electron chi connectivity index (χ1n) is 11.9. The van der Waals surface area contributed by atoms with Gasteiger partial charge in [0, 0.05) is 55.4 Å². The molecule has 0 bridgehead atoms. The molecule has 0 aliphatic carbocycles. The molecule has 0 spiro atoms. The number of anilines is 2. The third-order valence-corrected chi connectivity index (χ3v) is 4.86. The van der Waals surface area contributed by atoms with Crippen LogP contribution in [0.25, 0.3) is 11.1 Å². The number of aromatic nitrogens is 2. The van der Waals surface area contributed by atoms with E-state index in [1.807, 2.05) is 0 Å². The van der Waals surface area contributed by atoms with E-state index >= 15 is 0 Å². The van der Waals surface area contributed by atoms with Gasteiger partial charge in [0.15, 0.2) is 0 Å². The molecule has 16 nitrogen and oxygen atoms in total. The van der Waals surface area contributed by atoms with Gasteiger partial charge in [-0.15, -0.1) is 0 Å². The Kier molecular flexibility index (Phi) is 10.3. The van der Waals surface area contributed by atoms with Crippen LogP contribution in [-0.4, -0.2) is 57.5 Å². The lowest BCUT2D eigenvalue weighted by Gasteiger charge is -2.23. The number of pyridine rings is 2. The molecule has 2 aromatic heterocycles. The van der Waals surface area contributed by atoms with E-state index in [2.05, 4.69) is 9.97 Å². The van der Waals surface area contributed by atoms with Crippen molar-refractivity contribution in [1.82, 2.24) is 9.97 Å². The maximum atomic E-state index is 12.4. The Balaban J connectivity index is 3.21. The molecule has 0 aromatic carbocycles. The molecule has 0 aliphatic heterocycles. The summed E-state index contributed by atoms with van der Waals surface area (Å²) in [6, 6.07) is 2.08. The summed E-state index contributed by atoms with van der Waals surface area (Å²) in [5.41, 5.74) is -1.39. The molecule has 16 heteroatoms. The van der Waals surface area contributed by atoms with E-state index in [0.717, 1.165) is 67.5 Å². The van der Waals surface area contributed by atoms with Gasteiger partial charge in [0.05, 0.1) is 11.1 Å². The largest absolute Gasteiger partial charge is 0.407 e. The Hall–Kier alpha value is -5.54. The SMILES string of the molecule is CC(=O)Oc1nc(OC(C)=O)c(N(C(C)=O)C(C)=O)cc1-c1cc(N(C(C)=O)C(C)=O)c(OC(C)=O)nc1OC(C)=O. The summed E-state index contributed by atoms with van der Waals surface area (Å²) < 4.78 is 20.6. The molecule has 2 rings (SSSR count). The highest BCUT2D eigenvalue weighted by Crippen LogP contribution is 2.44. The Morgan fingerprint density at radius 3 is 0.905 bits per heavy atom. The number of carbonyl (C=O) groups is 8. The van der Waals surface area contributed by atoms with Crippen molar-refractivity contribution in [2.24, 2.45) is 0 Å². The molecule has 0 saturated carbocycles. The van der Waals surface area contributed by atoms with Crippen LogP contribution in [0.5, 0.6) is 23.5 Å². The number of rotatable bonds is 7. The lowest BCUT2D eigenvalue weighted by atomic mass is 10.1. The molecule has 2 heterocycles. The second kappa shape index (κ2) is 13.2. The maximum Gasteiger partial charge on any atom is 0.309 e. The maximum absolute atomic E-state index is 12.4. The molecule has 2 aromatic rings. The van der Waals surface area contributed by atoms with Crippen molar-refractivity contribution in [2.45, 2.75) is 55.4 Å². The number of ether oxygens (including phenoxy) is 4. The summed E-state index contributed by atoms with van der Waals surface area (Å²) in [7, 11) is 0. The Morgan fingerprint density at radius 1 is 0.452 bits per heavy atom. The van der Waals surface area contributed by atoms with Crippen molar-refractivity contribution in [3.05, 3.63) is 12.1 Å². The highest BCUT2D eigenvalue weighted by molar-refractivity contribution is 6.15.